The van der Waals surface area contributed by atoms with E-state index >= 15 is 0 Å². The summed E-state index contributed by atoms with van der Waals surface area (Å²) in [6, 6.07) is 2.11. The van der Waals surface area contributed by atoms with E-state index in [0.717, 1.165) is 30.9 Å². The van der Waals surface area contributed by atoms with Gasteiger partial charge in [-0.05, 0) is 19.8 Å². The van der Waals surface area contributed by atoms with E-state index in [-0.39, 0.29) is 12.0 Å². The molecule has 0 bridgehead atoms. The molecule has 0 amide bonds. The molecule has 0 spiro atoms. The summed E-state index contributed by atoms with van der Waals surface area (Å²) in [6.07, 6.45) is 1.57. The van der Waals surface area contributed by atoms with Crippen molar-refractivity contribution in [2.45, 2.75) is 32.7 Å². The molecule has 1 saturated heterocycles. The van der Waals surface area contributed by atoms with Gasteiger partial charge < -0.3 is 10.0 Å². The number of aryl methyl sites for hydroxylation is 2. The van der Waals surface area contributed by atoms with E-state index in [9.17, 15) is 9.90 Å². The highest BCUT2D eigenvalue weighted by Gasteiger charge is 2.38. The van der Waals surface area contributed by atoms with Crippen LogP contribution in [0.4, 0.5) is 5.82 Å². The second-order valence-corrected chi connectivity index (χ2v) is 4.67. The van der Waals surface area contributed by atoms with Crippen LogP contribution in [0.5, 0.6) is 0 Å². The Balaban J connectivity index is 2.28. The average molecular weight is 237 g/mol. The number of carboxylic acid groups (broad SMARTS) is 1. The van der Waals surface area contributed by atoms with Crippen LogP contribution >= 0.6 is 0 Å². The van der Waals surface area contributed by atoms with Crippen LogP contribution < -0.4 is 4.90 Å². The van der Waals surface area contributed by atoms with Gasteiger partial charge in [-0.3, -0.25) is 9.48 Å². The molecule has 1 fully saturated rings. The van der Waals surface area contributed by atoms with E-state index in [1.807, 2.05) is 31.6 Å². The smallest absolute Gasteiger partial charge is 0.308 e. The molecule has 1 aliphatic rings. The number of aromatic nitrogens is 2. The monoisotopic (exact) mass is 237 g/mol. The highest BCUT2D eigenvalue weighted by atomic mass is 16.4. The Bertz CT molecular complexity index is 427. The third-order valence-corrected chi connectivity index (χ3v) is 3.55. The Kier molecular flexibility index (Phi) is 3.09. The van der Waals surface area contributed by atoms with Crippen LogP contribution in [-0.2, 0) is 11.8 Å². The van der Waals surface area contributed by atoms with Gasteiger partial charge in [0.15, 0.2) is 0 Å². The summed E-state index contributed by atoms with van der Waals surface area (Å²) in [7, 11) is 1.91. The van der Waals surface area contributed by atoms with Crippen molar-refractivity contribution in [2.24, 2.45) is 13.0 Å². The number of anilines is 1. The molecule has 2 heterocycles. The molecule has 94 valence electrons. The molecule has 2 rings (SSSR count). The van der Waals surface area contributed by atoms with E-state index in [1.165, 1.54) is 0 Å². The van der Waals surface area contributed by atoms with Crippen LogP contribution in [-0.4, -0.2) is 33.4 Å². The maximum Gasteiger partial charge on any atom is 0.308 e. The Labute approximate surface area is 101 Å². The molecule has 1 N–H and O–H groups in total. The fourth-order valence-corrected chi connectivity index (χ4v) is 2.80. The zero-order valence-corrected chi connectivity index (χ0v) is 10.6. The number of carbonyl (C=O) groups is 1. The van der Waals surface area contributed by atoms with Crippen molar-refractivity contribution >= 4 is 11.8 Å². The topological polar surface area (TPSA) is 58.4 Å². The molecule has 1 aliphatic heterocycles. The zero-order valence-electron chi connectivity index (χ0n) is 10.6. The average Bonchev–Trinajstić information content (AvgIpc) is 2.80. The number of rotatable bonds is 3. The summed E-state index contributed by atoms with van der Waals surface area (Å²) in [6.45, 7) is 4.80. The molecule has 0 saturated carbocycles. The standard InChI is InChI=1S/C12H19N3O2/c1-4-10-9(12(16)17)5-6-15(10)11-7-8(2)13-14(11)3/h7,9-10H,4-6H2,1-3H3,(H,16,17)/t9-,10+/m0/s1. The minimum atomic E-state index is -0.682. The fraction of sp³-hybridized carbons (Fsp3) is 0.667. The highest BCUT2D eigenvalue weighted by Crippen LogP contribution is 2.31. The van der Waals surface area contributed by atoms with Crippen LogP contribution in [0.1, 0.15) is 25.5 Å². The second-order valence-electron chi connectivity index (χ2n) is 4.67. The number of hydrogen-bond donors (Lipinski definition) is 1. The van der Waals surface area contributed by atoms with E-state index in [0.29, 0.717) is 0 Å². The SMILES string of the molecule is CC[C@@H]1[C@@H](C(=O)O)CCN1c1cc(C)nn1C. The van der Waals surface area contributed by atoms with Crippen LogP contribution in [0.3, 0.4) is 0 Å². The predicted octanol–water partition coefficient (Wildman–Crippen LogP) is 1.42. The van der Waals surface area contributed by atoms with Crippen LogP contribution in [0.25, 0.3) is 0 Å². The highest BCUT2D eigenvalue weighted by molar-refractivity contribution is 5.73. The van der Waals surface area contributed by atoms with Crippen molar-refractivity contribution in [3.63, 3.8) is 0 Å². The fourth-order valence-electron chi connectivity index (χ4n) is 2.80. The molecule has 17 heavy (non-hydrogen) atoms. The molecule has 5 nitrogen and oxygen atoms in total. The molecule has 0 aliphatic carbocycles. The lowest BCUT2D eigenvalue weighted by Crippen LogP contribution is -2.36. The first-order valence-electron chi connectivity index (χ1n) is 6.04. The zero-order chi connectivity index (χ0) is 12.6. The van der Waals surface area contributed by atoms with Crippen LogP contribution in [0.15, 0.2) is 6.07 Å². The van der Waals surface area contributed by atoms with E-state index in [4.69, 9.17) is 0 Å². The summed E-state index contributed by atoms with van der Waals surface area (Å²) in [5, 5.41) is 13.5. The van der Waals surface area contributed by atoms with Crippen LogP contribution in [0, 0.1) is 12.8 Å². The third-order valence-electron chi connectivity index (χ3n) is 3.55. The predicted molar refractivity (Wildman–Crippen MR) is 65.1 cm³/mol. The van der Waals surface area contributed by atoms with Gasteiger partial charge in [0.2, 0.25) is 0 Å². The quantitative estimate of drug-likeness (QED) is 0.863. The number of aliphatic carboxylic acids is 1. The summed E-state index contributed by atoms with van der Waals surface area (Å²) in [5.74, 6) is 0.0894. The lowest BCUT2D eigenvalue weighted by Gasteiger charge is -2.27. The summed E-state index contributed by atoms with van der Waals surface area (Å²) in [4.78, 5) is 13.4. The number of nitrogens with zero attached hydrogens (tertiary/aromatic N) is 3. The summed E-state index contributed by atoms with van der Waals surface area (Å²) >= 11 is 0. The largest absolute Gasteiger partial charge is 0.481 e. The van der Waals surface area contributed by atoms with E-state index in [1.54, 1.807) is 0 Å². The van der Waals surface area contributed by atoms with Crippen molar-refractivity contribution in [3.05, 3.63) is 11.8 Å². The summed E-state index contributed by atoms with van der Waals surface area (Å²) in [5.41, 5.74) is 0.969. The van der Waals surface area contributed by atoms with Gasteiger partial charge >= 0.3 is 5.97 Å². The Hall–Kier alpha value is -1.52. The van der Waals surface area contributed by atoms with E-state index in [2.05, 4.69) is 10.00 Å². The number of hydrogen-bond acceptors (Lipinski definition) is 3. The van der Waals surface area contributed by atoms with Gasteiger partial charge in [-0.1, -0.05) is 6.92 Å². The van der Waals surface area contributed by atoms with Crippen molar-refractivity contribution in [1.29, 1.82) is 0 Å². The Morgan fingerprint density at radius 1 is 1.65 bits per heavy atom. The van der Waals surface area contributed by atoms with Crippen molar-refractivity contribution < 1.29 is 9.90 Å². The Morgan fingerprint density at radius 3 is 2.82 bits per heavy atom. The molecule has 0 aromatic carbocycles. The van der Waals surface area contributed by atoms with Crippen molar-refractivity contribution in [2.75, 3.05) is 11.4 Å². The molecular formula is C12H19N3O2. The molecule has 5 heteroatoms. The molecule has 0 radical (unpaired) electrons. The van der Waals surface area contributed by atoms with Gasteiger partial charge in [-0.15, -0.1) is 0 Å². The number of carboxylic acids is 1. The molecular weight excluding hydrogens is 218 g/mol. The first kappa shape index (κ1) is 12.0. The maximum atomic E-state index is 11.2. The van der Waals surface area contributed by atoms with Gasteiger partial charge in [-0.2, -0.15) is 5.10 Å². The van der Waals surface area contributed by atoms with E-state index < -0.39 is 5.97 Å². The van der Waals surface area contributed by atoms with Crippen molar-refractivity contribution in [1.82, 2.24) is 9.78 Å². The second kappa shape index (κ2) is 4.39. The molecule has 1 aromatic rings. The normalized spacial score (nSPS) is 24.3. The minimum Gasteiger partial charge on any atom is -0.481 e. The van der Waals surface area contributed by atoms with Gasteiger partial charge in [0.05, 0.1) is 11.6 Å². The van der Waals surface area contributed by atoms with Crippen molar-refractivity contribution in [3.8, 4) is 0 Å². The first-order valence-corrected chi connectivity index (χ1v) is 6.04. The minimum absolute atomic E-state index is 0.0855. The first-order chi connectivity index (χ1) is 8.04. The van der Waals surface area contributed by atoms with Gasteiger partial charge in [0.25, 0.3) is 0 Å². The van der Waals surface area contributed by atoms with Gasteiger partial charge in [0, 0.05) is 25.7 Å². The Morgan fingerprint density at radius 2 is 2.35 bits per heavy atom. The molecule has 0 unspecified atom stereocenters. The molecule has 2 atom stereocenters. The van der Waals surface area contributed by atoms with Gasteiger partial charge in [0.1, 0.15) is 5.82 Å². The lowest BCUT2D eigenvalue weighted by atomic mass is 9.99. The molecule has 1 aromatic heterocycles. The third kappa shape index (κ3) is 2.01. The maximum absolute atomic E-state index is 11.2. The summed E-state index contributed by atoms with van der Waals surface area (Å²) < 4.78 is 1.84. The van der Waals surface area contributed by atoms with Crippen LogP contribution in [0.2, 0.25) is 0 Å². The van der Waals surface area contributed by atoms with Gasteiger partial charge in [-0.25, -0.2) is 0 Å². The lowest BCUT2D eigenvalue weighted by molar-refractivity contribution is -0.141.